The summed E-state index contributed by atoms with van der Waals surface area (Å²) in [5.41, 5.74) is 0.665. The van der Waals surface area contributed by atoms with Gasteiger partial charge in [-0.3, -0.25) is 0 Å². The number of nitrogens with zero attached hydrogens (tertiary/aromatic N) is 2. The van der Waals surface area contributed by atoms with E-state index in [0.717, 1.165) is 12.1 Å². The van der Waals surface area contributed by atoms with Gasteiger partial charge in [-0.2, -0.15) is 14.0 Å². The Morgan fingerprint density at radius 1 is 1.33 bits per heavy atom. The van der Waals surface area contributed by atoms with Crippen molar-refractivity contribution < 1.29 is 17.2 Å². The van der Waals surface area contributed by atoms with Gasteiger partial charge in [0.2, 0.25) is 9.84 Å². The van der Waals surface area contributed by atoms with Crippen molar-refractivity contribution in [3.8, 4) is 6.07 Å². The van der Waals surface area contributed by atoms with Crippen molar-refractivity contribution in [1.29, 1.82) is 5.26 Å². The van der Waals surface area contributed by atoms with Crippen LogP contribution in [0.1, 0.15) is 6.42 Å². The normalized spacial score (nSPS) is 11.3. The third kappa shape index (κ3) is 3.17. The predicted molar refractivity (Wildman–Crippen MR) is 63.1 cm³/mol. The Bertz CT molecular complexity index is 535. The van der Waals surface area contributed by atoms with Gasteiger partial charge in [-0.05, 0) is 24.3 Å². The van der Waals surface area contributed by atoms with E-state index < -0.39 is 20.5 Å². The van der Waals surface area contributed by atoms with Crippen molar-refractivity contribution >= 4 is 15.5 Å². The molecule has 0 saturated carbocycles. The van der Waals surface area contributed by atoms with Gasteiger partial charge in [-0.1, -0.05) is 0 Å². The Labute approximate surface area is 104 Å². The number of hydrogen-bond donors (Lipinski definition) is 0. The average Bonchev–Trinajstić information content (AvgIpc) is 2.35. The lowest BCUT2D eigenvalue weighted by molar-refractivity contribution is 0.234. The first kappa shape index (κ1) is 14.4. The van der Waals surface area contributed by atoms with Crippen molar-refractivity contribution in [3.05, 3.63) is 24.3 Å². The van der Waals surface area contributed by atoms with Crippen LogP contribution in [-0.4, -0.2) is 27.8 Å². The van der Waals surface area contributed by atoms with Crippen molar-refractivity contribution in [1.82, 2.24) is 0 Å². The highest BCUT2D eigenvalue weighted by Crippen LogP contribution is 2.21. The third-order valence-corrected chi connectivity index (χ3v) is 3.80. The molecule has 0 aromatic heterocycles. The van der Waals surface area contributed by atoms with Crippen LogP contribution in [0.4, 0.5) is 14.5 Å². The average molecular weight is 274 g/mol. The molecule has 0 amide bonds. The van der Waals surface area contributed by atoms with Gasteiger partial charge in [0.1, 0.15) is 0 Å². The molecule has 0 atom stereocenters. The van der Waals surface area contributed by atoms with Crippen molar-refractivity contribution in [2.75, 3.05) is 18.5 Å². The van der Waals surface area contributed by atoms with E-state index in [-0.39, 0.29) is 0 Å². The summed E-state index contributed by atoms with van der Waals surface area (Å²) >= 11 is 0. The molecule has 0 aliphatic carbocycles. The zero-order chi connectivity index (χ0) is 13.8. The first-order valence-corrected chi connectivity index (χ1v) is 6.64. The van der Waals surface area contributed by atoms with E-state index in [9.17, 15) is 17.2 Å². The Hall–Kier alpha value is -1.68. The molecular formula is C11H12F2N2O2S. The highest BCUT2D eigenvalue weighted by Gasteiger charge is 2.26. The first-order chi connectivity index (χ1) is 8.39. The van der Waals surface area contributed by atoms with Crippen molar-refractivity contribution in [3.63, 3.8) is 0 Å². The summed E-state index contributed by atoms with van der Waals surface area (Å²) in [5.74, 6) is -3.42. The molecule has 0 saturated heterocycles. The lowest BCUT2D eigenvalue weighted by Gasteiger charge is -2.17. The second-order valence-electron chi connectivity index (χ2n) is 3.63. The first-order valence-electron chi connectivity index (χ1n) is 5.10. The molecule has 0 aliphatic rings. The van der Waals surface area contributed by atoms with E-state index in [1.54, 1.807) is 11.9 Å². The molecule has 0 N–H and O–H groups in total. The summed E-state index contributed by atoms with van der Waals surface area (Å²) < 4.78 is 46.9. The minimum atomic E-state index is -4.54. The molecule has 0 bridgehead atoms. The minimum absolute atomic E-state index is 0.327. The summed E-state index contributed by atoms with van der Waals surface area (Å²) in [4.78, 5) is 1.33. The SMILES string of the molecule is CN(CCC#N)c1ccc(S(=O)(=O)C(F)F)cc1. The van der Waals surface area contributed by atoms with Crippen molar-refractivity contribution in [2.45, 2.75) is 17.1 Å². The molecule has 4 nitrogen and oxygen atoms in total. The van der Waals surface area contributed by atoms with Gasteiger partial charge >= 0.3 is 5.76 Å². The van der Waals surface area contributed by atoms with E-state index in [4.69, 9.17) is 5.26 Å². The second-order valence-corrected chi connectivity index (χ2v) is 5.55. The van der Waals surface area contributed by atoms with Crippen LogP contribution >= 0.6 is 0 Å². The van der Waals surface area contributed by atoms with Crippen LogP contribution in [0.2, 0.25) is 0 Å². The predicted octanol–water partition coefficient (Wildman–Crippen LogP) is 2.03. The van der Waals surface area contributed by atoms with Gasteiger partial charge in [0.15, 0.2) is 0 Å². The second kappa shape index (κ2) is 5.78. The van der Waals surface area contributed by atoms with Crippen LogP contribution in [0.15, 0.2) is 29.2 Å². The Morgan fingerprint density at radius 2 is 1.89 bits per heavy atom. The summed E-state index contributed by atoms with van der Waals surface area (Å²) in [7, 11) is -2.81. The largest absolute Gasteiger partial charge is 0.374 e. The molecule has 0 radical (unpaired) electrons. The zero-order valence-electron chi connectivity index (χ0n) is 9.68. The minimum Gasteiger partial charge on any atom is -0.374 e. The van der Waals surface area contributed by atoms with Crippen LogP contribution in [-0.2, 0) is 9.84 Å². The van der Waals surface area contributed by atoms with Crippen LogP contribution < -0.4 is 4.90 Å². The highest BCUT2D eigenvalue weighted by atomic mass is 32.2. The molecule has 7 heteroatoms. The fourth-order valence-electron chi connectivity index (χ4n) is 1.34. The van der Waals surface area contributed by atoms with Crippen LogP contribution in [0.5, 0.6) is 0 Å². The quantitative estimate of drug-likeness (QED) is 0.824. The molecule has 0 aliphatic heterocycles. The standard InChI is InChI=1S/C11H12F2N2O2S/c1-15(8-2-7-14)9-3-5-10(6-4-9)18(16,17)11(12)13/h3-6,11H,2,8H2,1H3. The number of halogens is 2. The number of alkyl halides is 2. The Balaban J connectivity index is 2.91. The summed E-state index contributed by atoms with van der Waals surface area (Å²) in [6.07, 6.45) is 0.327. The van der Waals surface area contributed by atoms with E-state index in [0.29, 0.717) is 18.7 Å². The number of benzene rings is 1. The molecule has 18 heavy (non-hydrogen) atoms. The maximum absolute atomic E-state index is 12.3. The van der Waals surface area contributed by atoms with Gasteiger partial charge < -0.3 is 4.90 Å². The smallest absolute Gasteiger partial charge is 0.341 e. The van der Waals surface area contributed by atoms with Gasteiger partial charge in [-0.25, -0.2) is 8.42 Å². The summed E-state index contributed by atoms with van der Waals surface area (Å²) in [6.45, 7) is 0.484. The Kier molecular flexibility index (Phi) is 4.62. The number of hydrogen-bond acceptors (Lipinski definition) is 4. The molecule has 0 fully saturated rings. The van der Waals surface area contributed by atoms with E-state index in [2.05, 4.69) is 0 Å². The van der Waals surface area contributed by atoms with E-state index in [1.165, 1.54) is 12.1 Å². The Morgan fingerprint density at radius 3 is 2.33 bits per heavy atom. The van der Waals surface area contributed by atoms with Gasteiger partial charge in [-0.15, -0.1) is 0 Å². The van der Waals surface area contributed by atoms with Crippen LogP contribution in [0, 0.1) is 11.3 Å². The topological polar surface area (TPSA) is 61.2 Å². The number of rotatable bonds is 5. The molecule has 1 aromatic carbocycles. The van der Waals surface area contributed by atoms with Gasteiger partial charge in [0, 0.05) is 19.3 Å². The summed E-state index contributed by atoms with van der Waals surface area (Å²) in [5, 5.41) is 8.43. The molecule has 0 spiro atoms. The number of nitriles is 1. The molecule has 1 rings (SSSR count). The number of sulfone groups is 1. The number of anilines is 1. The van der Waals surface area contributed by atoms with E-state index in [1.807, 2.05) is 6.07 Å². The van der Waals surface area contributed by atoms with Crippen molar-refractivity contribution in [2.24, 2.45) is 0 Å². The molecule has 0 unspecified atom stereocenters. The highest BCUT2D eigenvalue weighted by molar-refractivity contribution is 7.91. The molecule has 1 aromatic rings. The molecule has 0 heterocycles. The monoisotopic (exact) mass is 274 g/mol. The third-order valence-electron chi connectivity index (χ3n) is 2.40. The lowest BCUT2D eigenvalue weighted by atomic mass is 10.3. The van der Waals surface area contributed by atoms with E-state index >= 15 is 0 Å². The van der Waals surface area contributed by atoms with Gasteiger partial charge in [0.05, 0.1) is 17.4 Å². The van der Waals surface area contributed by atoms with Crippen LogP contribution in [0.3, 0.4) is 0 Å². The molecular weight excluding hydrogens is 262 g/mol. The summed E-state index contributed by atoms with van der Waals surface area (Å²) in [6, 6.07) is 7.13. The van der Waals surface area contributed by atoms with Gasteiger partial charge in [0.25, 0.3) is 0 Å². The fraction of sp³-hybridized carbons (Fsp3) is 0.364. The zero-order valence-corrected chi connectivity index (χ0v) is 10.5. The maximum atomic E-state index is 12.3. The maximum Gasteiger partial charge on any atom is 0.341 e. The lowest BCUT2D eigenvalue weighted by Crippen LogP contribution is -2.18. The molecule has 98 valence electrons. The van der Waals surface area contributed by atoms with Crippen LogP contribution in [0.25, 0.3) is 0 Å². The fourth-order valence-corrected chi connectivity index (χ4v) is 2.06.